The topological polar surface area (TPSA) is 347 Å². The van der Waals surface area contributed by atoms with Crippen LogP contribution in [0.15, 0.2) is 179 Å². The molecule has 8 aromatic carbocycles. The van der Waals surface area contributed by atoms with E-state index in [1.807, 2.05) is 95.3 Å². The van der Waals surface area contributed by atoms with E-state index in [4.69, 9.17) is 60.6 Å². The second-order valence-electron chi connectivity index (χ2n) is 26.3. The number of fused-ring (bicyclic) bond motifs is 2. The number of nitrogens with zero attached hydrogens (tertiary/aromatic N) is 8. The molecular formula is C78H76Cl4N14O14S2. The Hall–Kier alpha value is -11.2. The number of carbonyl (C=O) groups excluding carboxylic acids is 7. The molecule has 2 aromatic heterocycles. The van der Waals surface area contributed by atoms with Gasteiger partial charge in [0.25, 0.3) is 45.5 Å². The summed E-state index contributed by atoms with van der Waals surface area (Å²) in [6, 6.07) is 42.1. The monoisotopic (exact) mass is 1640 g/mol. The number of imide groups is 1. The van der Waals surface area contributed by atoms with Crippen LogP contribution >= 0.6 is 46.4 Å². The van der Waals surface area contributed by atoms with Gasteiger partial charge in [0.2, 0.25) is 21.9 Å². The lowest BCUT2D eigenvalue weighted by Crippen LogP contribution is -2.57. The highest BCUT2D eigenvalue weighted by atomic mass is 35.5. The van der Waals surface area contributed by atoms with Gasteiger partial charge in [-0.1, -0.05) is 143 Å². The fourth-order valence-electron chi connectivity index (χ4n) is 12.3. The lowest BCUT2D eigenvalue weighted by atomic mass is 10.1. The lowest BCUT2D eigenvalue weighted by Gasteiger charge is -2.28. The van der Waals surface area contributed by atoms with E-state index in [1.54, 1.807) is 79.9 Å². The summed E-state index contributed by atoms with van der Waals surface area (Å²) in [5, 5.41) is 25.7. The summed E-state index contributed by atoms with van der Waals surface area (Å²) in [5.74, 6) is -1.53. The fourth-order valence-corrected chi connectivity index (χ4v) is 16.1. The van der Waals surface area contributed by atoms with Crippen molar-refractivity contribution in [2.24, 2.45) is 5.10 Å². The van der Waals surface area contributed by atoms with Crippen molar-refractivity contribution in [3.05, 3.63) is 240 Å². The summed E-state index contributed by atoms with van der Waals surface area (Å²) in [6.45, 7) is 15.0. The van der Waals surface area contributed by atoms with Gasteiger partial charge < -0.3 is 35.1 Å². The molecule has 0 saturated carbocycles. The van der Waals surface area contributed by atoms with Crippen molar-refractivity contribution in [1.82, 2.24) is 39.7 Å². The number of hydrogen-bond acceptors (Lipinski definition) is 17. The van der Waals surface area contributed by atoms with Crippen molar-refractivity contribution < 1.29 is 64.6 Å². The van der Waals surface area contributed by atoms with Crippen molar-refractivity contribution in [1.29, 1.82) is 0 Å². The number of aromatic amines is 1. The summed E-state index contributed by atoms with van der Waals surface area (Å²) in [7, 11) is -5.34. The number of urea groups is 1. The molecule has 0 bridgehead atoms. The number of methoxy groups -OCH3 is 1. The Morgan fingerprint density at radius 1 is 0.688 bits per heavy atom. The predicted molar refractivity (Wildman–Crippen MR) is 427 cm³/mol. The molecule has 1 saturated heterocycles. The van der Waals surface area contributed by atoms with Crippen molar-refractivity contribution in [2.45, 2.75) is 103 Å². The van der Waals surface area contributed by atoms with E-state index < -0.39 is 73.9 Å². The smallest absolute Gasteiger partial charge is 0.330 e. The van der Waals surface area contributed by atoms with Gasteiger partial charge in [-0.15, -0.1) is 10.2 Å². The first kappa shape index (κ1) is 81.8. The second kappa shape index (κ2) is 34.6. The van der Waals surface area contributed by atoms with Crippen LogP contribution in [0.4, 0.5) is 33.2 Å². The fraction of sp³-hybridized carbons (Fsp3) is 0.231. The molecule has 3 atom stereocenters. The number of rotatable bonds is 21. The number of H-pyrrole nitrogens is 1. The first-order valence-corrected chi connectivity index (χ1v) is 39.2. The highest BCUT2D eigenvalue weighted by molar-refractivity contribution is 7.92. The molecule has 5 heterocycles. The van der Waals surface area contributed by atoms with Gasteiger partial charge in [0.15, 0.2) is 24.2 Å². The number of para-hydroxylation sites is 2. The molecule has 0 aliphatic carbocycles. The molecule has 3 aliphatic heterocycles. The number of benzene rings is 8. The molecule has 28 nitrogen and oxygen atoms in total. The molecule has 112 heavy (non-hydrogen) atoms. The van der Waals surface area contributed by atoms with E-state index in [-0.39, 0.29) is 78.8 Å². The van der Waals surface area contributed by atoms with E-state index >= 15 is 0 Å². The van der Waals surface area contributed by atoms with Gasteiger partial charge in [-0.25, -0.2) is 35.8 Å². The molecule has 3 unspecified atom stereocenters. The first-order chi connectivity index (χ1) is 53.2. The van der Waals surface area contributed by atoms with E-state index in [0.29, 0.717) is 74.0 Å². The second-order valence-corrected chi connectivity index (χ2v) is 31.3. The summed E-state index contributed by atoms with van der Waals surface area (Å²) < 4.78 is 76.1. The molecular weight excluding hydrogens is 1560 g/mol. The van der Waals surface area contributed by atoms with Gasteiger partial charge in [0.05, 0.1) is 48.7 Å². The lowest BCUT2D eigenvalue weighted by molar-refractivity contribution is -0.146. The number of amides is 8. The van der Waals surface area contributed by atoms with Crippen LogP contribution in [-0.2, 0) is 61.6 Å². The van der Waals surface area contributed by atoms with Crippen molar-refractivity contribution in [3.63, 3.8) is 0 Å². The number of carbonyl (C=O) groups is 7. The van der Waals surface area contributed by atoms with Gasteiger partial charge in [-0.05, 0) is 174 Å². The maximum Gasteiger partial charge on any atom is 0.330 e. The number of hydrogen-bond donors (Lipinski definition) is 6. The number of nitrogens with one attached hydrogen (secondary N) is 6. The molecule has 1 fully saturated rings. The van der Waals surface area contributed by atoms with Crippen molar-refractivity contribution >= 4 is 148 Å². The molecule has 0 radical (unpaired) electrons. The minimum absolute atomic E-state index is 0.0578. The highest BCUT2D eigenvalue weighted by Crippen LogP contribution is 2.40. The minimum Gasteiger partial charge on any atom is -0.483 e. The van der Waals surface area contributed by atoms with Crippen LogP contribution in [0.3, 0.4) is 0 Å². The Labute approximate surface area is 665 Å². The van der Waals surface area contributed by atoms with Crippen LogP contribution in [0.2, 0.25) is 20.1 Å². The largest absolute Gasteiger partial charge is 0.483 e. The Morgan fingerprint density at radius 3 is 2.06 bits per heavy atom. The number of sulfonamides is 2. The van der Waals surface area contributed by atoms with Gasteiger partial charge >= 0.3 is 6.03 Å². The zero-order valence-electron chi connectivity index (χ0n) is 62.0. The van der Waals surface area contributed by atoms with Crippen molar-refractivity contribution in [3.8, 4) is 17.2 Å². The summed E-state index contributed by atoms with van der Waals surface area (Å²) in [4.78, 5) is 95.1. The number of amidine groups is 1. The third-order valence-electron chi connectivity index (χ3n) is 18.0. The summed E-state index contributed by atoms with van der Waals surface area (Å²) in [5.41, 5.74) is 9.06. The molecule has 582 valence electrons. The van der Waals surface area contributed by atoms with E-state index in [9.17, 15) is 50.4 Å². The average molecular weight is 1640 g/mol. The molecule has 34 heteroatoms. The molecule has 8 amide bonds. The number of halogens is 4. The summed E-state index contributed by atoms with van der Waals surface area (Å²) in [6.07, 6.45) is -0.275. The number of hydrazone groups is 1. The molecule has 13 rings (SSSR count). The van der Waals surface area contributed by atoms with Crippen LogP contribution in [0.5, 0.6) is 17.2 Å². The van der Waals surface area contributed by atoms with Crippen LogP contribution in [0.25, 0.3) is 5.65 Å². The third-order valence-corrected chi connectivity index (χ3v) is 22.2. The molecule has 10 aromatic rings. The highest BCUT2D eigenvalue weighted by Gasteiger charge is 2.53. The minimum atomic E-state index is -4.15. The Balaban J connectivity index is 0.000000168. The predicted octanol–water partition coefficient (Wildman–Crippen LogP) is 13.4. The van der Waals surface area contributed by atoms with Crippen LogP contribution < -0.4 is 44.8 Å². The van der Waals surface area contributed by atoms with Crippen molar-refractivity contribution in [2.75, 3.05) is 52.6 Å². The first-order valence-electron chi connectivity index (χ1n) is 34.7. The molecule has 6 N–H and O–H groups in total. The number of ether oxygens (including phenoxy) is 3. The molecule has 3 aliphatic rings. The SMILES string of the molecule is CCc1[nH]n2c(C(C)NS(=O)(=O)c3cc(C)ccc3C)nnc2c1Oc1ccc(C)cc1.COC1C(=O)N(C(C(=O)Nc2cc(S(=O)(=O)Nc3ccccc3Cl)ccc2C)C(=O)N2CCc3ccccc32)C(=O)N1C.Cc1ccc(OCC(=O)Nc2cccc(C(=O)NC3=NN(c4c(Cl)cc(Cl)cc4Cl)C(=O)C3)c2)c(C)c1. The Bertz CT molecular complexity index is 5620. The van der Waals surface area contributed by atoms with E-state index in [0.717, 1.165) is 43.4 Å². The van der Waals surface area contributed by atoms with Gasteiger partial charge in [-0.2, -0.15) is 10.1 Å². The maximum absolute atomic E-state index is 14.0. The Kier molecular flexibility index (Phi) is 25.2. The standard InChI is InChI=1S/C29H28ClN5O7S.C26H21Cl3N4O4.C23H27N5O3S/c1-17-12-13-19(43(40,41)32-21-10-6-5-9-20(21)30)16-22(17)31-25(36)24(35-27(38)28(42-3)33(2)29(35)39)26(37)34-15-14-18-8-4-7-11-23(18)34;1-14-6-7-21(15(2)8-14)37-13-23(34)30-18-5-3-4-16(9-18)26(36)31-22-12-24(35)33(32-22)25-19(28)10-17(27)11-20(25)29;1-6-19-21(31-18-11-8-14(2)9-12-18)23-25-24-22(28(23)26-19)17(5)27-32(29,30)20-13-15(3)7-10-16(20)4/h4-13,16,24,28,32H,14-15H2,1-3H3,(H,31,36);3-11H,12-13H2,1-2H3,(H,30,34)(H,31,32,36);7-13,17,26-27H,6H2,1-5H3. The average Bonchev–Trinajstić information content (AvgIpc) is 1.61. The molecule has 0 spiro atoms. The van der Waals surface area contributed by atoms with E-state index in [2.05, 4.69) is 45.8 Å². The maximum atomic E-state index is 14.0. The third kappa shape index (κ3) is 18.4. The Morgan fingerprint density at radius 2 is 1.37 bits per heavy atom. The number of aryl methyl sites for hydroxylation is 7. The summed E-state index contributed by atoms with van der Waals surface area (Å²) >= 11 is 24.4. The number of anilines is 5. The zero-order valence-corrected chi connectivity index (χ0v) is 66.6. The number of likely N-dealkylation sites (N-methyl/N-ethyl adjacent to an activating group) is 1. The van der Waals surface area contributed by atoms with Crippen LogP contribution in [-0.4, -0.2) is 133 Å². The zero-order chi connectivity index (χ0) is 80.8. The van der Waals surface area contributed by atoms with Gasteiger partial charge in [0.1, 0.15) is 23.0 Å². The van der Waals surface area contributed by atoms with Gasteiger partial charge in [-0.3, -0.25) is 43.5 Å². The number of aromatic nitrogens is 4. The van der Waals surface area contributed by atoms with Crippen LogP contribution in [0.1, 0.15) is 87.1 Å². The quantitative estimate of drug-likeness (QED) is 0.0287. The van der Waals surface area contributed by atoms with Gasteiger partial charge in [0, 0.05) is 48.4 Å². The normalized spacial score (nSPS) is 14.5. The van der Waals surface area contributed by atoms with E-state index in [1.165, 1.54) is 67.6 Å². The van der Waals surface area contributed by atoms with Crippen LogP contribution in [0, 0.1) is 41.5 Å².